The predicted octanol–water partition coefficient (Wildman–Crippen LogP) is 2.71. The summed E-state index contributed by atoms with van der Waals surface area (Å²) in [5.41, 5.74) is 1.56. The third-order valence-electron chi connectivity index (χ3n) is 3.62. The normalized spacial score (nSPS) is 11.7. The van der Waals surface area contributed by atoms with Crippen LogP contribution in [0.5, 0.6) is 0 Å². The van der Waals surface area contributed by atoms with Crippen LogP contribution in [0.2, 0.25) is 0 Å². The summed E-state index contributed by atoms with van der Waals surface area (Å²) in [5.74, 6) is 0.570. The lowest BCUT2D eigenvalue weighted by atomic mass is 10.2. The Hall–Kier alpha value is -2.48. The Morgan fingerprint density at radius 2 is 1.76 bits per heavy atom. The Kier molecular flexibility index (Phi) is 5.60. The van der Waals surface area contributed by atoms with Crippen molar-refractivity contribution in [2.45, 2.75) is 19.6 Å². The molecule has 0 atom stereocenters. The molecule has 0 fully saturated rings. The maximum atomic E-state index is 12.8. The molecule has 0 bridgehead atoms. The number of benzene rings is 1. The Balaban J connectivity index is 1.76. The van der Waals surface area contributed by atoms with Crippen LogP contribution in [-0.2, 0) is 29.8 Å². The molecule has 2 aromatic heterocycles. The van der Waals surface area contributed by atoms with Crippen LogP contribution in [0, 0.1) is 0 Å². The second-order valence-corrected chi connectivity index (χ2v) is 7.24. The Morgan fingerprint density at radius 1 is 0.960 bits per heavy atom. The van der Waals surface area contributed by atoms with Crippen molar-refractivity contribution in [2.24, 2.45) is 0 Å². The molecule has 130 valence electrons. The molecule has 6 nitrogen and oxygen atoms in total. The van der Waals surface area contributed by atoms with Gasteiger partial charge in [0.15, 0.2) is 0 Å². The number of nitrogens with zero attached hydrogens (tertiary/aromatic N) is 2. The van der Waals surface area contributed by atoms with E-state index in [-0.39, 0.29) is 19.6 Å². The van der Waals surface area contributed by atoms with E-state index in [1.54, 1.807) is 30.5 Å². The van der Waals surface area contributed by atoms with Crippen molar-refractivity contribution in [3.8, 4) is 0 Å². The van der Waals surface area contributed by atoms with Crippen LogP contribution in [0.4, 0.5) is 0 Å². The van der Waals surface area contributed by atoms with Crippen LogP contribution in [0.15, 0.2) is 77.5 Å². The van der Waals surface area contributed by atoms with Gasteiger partial charge in [-0.25, -0.2) is 0 Å². The minimum Gasteiger partial charge on any atom is -0.468 e. The molecule has 1 aromatic carbocycles. The van der Waals surface area contributed by atoms with E-state index in [9.17, 15) is 8.42 Å². The fourth-order valence-corrected chi connectivity index (χ4v) is 3.47. The van der Waals surface area contributed by atoms with E-state index < -0.39 is 10.2 Å². The highest BCUT2D eigenvalue weighted by molar-refractivity contribution is 7.87. The predicted molar refractivity (Wildman–Crippen MR) is 94.4 cm³/mol. The monoisotopic (exact) mass is 357 g/mol. The van der Waals surface area contributed by atoms with Crippen LogP contribution in [-0.4, -0.2) is 17.7 Å². The highest BCUT2D eigenvalue weighted by Crippen LogP contribution is 2.13. The van der Waals surface area contributed by atoms with Gasteiger partial charge >= 0.3 is 0 Å². The first-order chi connectivity index (χ1) is 12.1. The van der Waals surface area contributed by atoms with Gasteiger partial charge in [-0.1, -0.05) is 36.4 Å². The molecule has 7 heteroatoms. The first kappa shape index (κ1) is 17.3. The van der Waals surface area contributed by atoms with E-state index >= 15 is 0 Å². The maximum absolute atomic E-state index is 12.8. The molecule has 0 saturated carbocycles. The zero-order chi connectivity index (χ0) is 17.5. The van der Waals surface area contributed by atoms with Crippen LogP contribution >= 0.6 is 0 Å². The molecule has 0 aliphatic carbocycles. The number of furan rings is 1. The molecule has 0 aliphatic heterocycles. The highest BCUT2D eigenvalue weighted by Gasteiger charge is 2.23. The lowest BCUT2D eigenvalue weighted by Crippen LogP contribution is -2.39. The average molecular weight is 357 g/mol. The minimum atomic E-state index is -3.71. The first-order valence-corrected chi connectivity index (χ1v) is 9.28. The maximum Gasteiger partial charge on any atom is 0.280 e. The summed E-state index contributed by atoms with van der Waals surface area (Å²) < 4.78 is 34.8. The summed E-state index contributed by atoms with van der Waals surface area (Å²) in [6.45, 7) is 0.513. The van der Waals surface area contributed by atoms with Gasteiger partial charge in [-0.2, -0.15) is 17.4 Å². The smallest absolute Gasteiger partial charge is 0.280 e. The molecule has 0 amide bonds. The van der Waals surface area contributed by atoms with Crippen molar-refractivity contribution in [3.63, 3.8) is 0 Å². The molecule has 0 unspecified atom stereocenters. The van der Waals surface area contributed by atoms with Crippen molar-refractivity contribution < 1.29 is 12.8 Å². The van der Waals surface area contributed by atoms with Gasteiger partial charge < -0.3 is 4.42 Å². The summed E-state index contributed by atoms with van der Waals surface area (Å²) in [7, 11) is -3.71. The number of rotatable bonds is 8. The van der Waals surface area contributed by atoms with Gasteiger partial charge in [0, 0.05) is 12.7 Å². The second-order valence-electron chi connectivity index (χ2n) is 5.48. The summed E-state index contributed by atoms with van der Waals surface area (Å²) in [6, 6.07) is 18.3. The van der Waals surface area contributed by atoms with Crippen molar-refractivity contribution in [1.82, 2.24) is 14.0 Å². The molecule has 3 rings (SSSR count). The van der Waals surface area contributed by atoms with E-state index in [4.69, 9.17) is 4.42 Å². The lowest BCUT2D eigenvalue weighted by Gasteiger charge is -2.21. The number of pyridine rings is 1. The number of hydrogen-bond donors (Lipinski definition) is 1. The van der Waals surface area contributed by atoms with Gasteiger partial charge in [-0.15, -0.1) is 0 Å². The lowest BCUT2D eigenvalue weighted by molar-refractivity contribution is 0.350. The van der Waals surface area contributed by atoms with Crippen molar-refractivity contribution in [1.29, 1.82) is 0 Å². The molecule has 0 saturated heterocycles. The summed E-state index contributed by atoms with van der Waals surface area (Å²) in [6.07, 6.45) is 3.17. The second kappa shape index (κ2) is 8.06. The number of hydrogen-bond acceptors (Lipinski definition) is 4. The van der Waals surface area contributed by atoms with Crippen LogP contribution < -0.4 is 4.72 Å². The van der Waals surface area contributed by atoms with Crippen LogP contribution in [0.1, 0.15) is 17.0 Å². The van der Waals surface area contributed by atoms with Gasteiger partial charge in [-0.05, 0) is 29.8 Å². The third-order valence-corrected chi connectivity index (χ3v) is 5.07. The Morgan fingerprint density at radius 3 is 2.44 bits per heavy atom. The van der Waals surface area contributed by atoms with Crippen LogP contribution in [0.3, 0.4) is 0 Å². The zero-order valence-corrected chi connectivity index (χ0v) is 14.4. The molecular formula is C18H19N3O3S. The van der Waals surface area contributed by atoms with Gasteiger partial charge in [0.1, 0.15) is 5.76 Å². The number of aromatic nitrogens is 1. The highest BCUT2D eigenvalue weighted by atomic mass is 32.2. The Bertz CT molecular complexity index is 866. The Labute approximate surface area is 147 Å². The zero-order valence-electron chi connectivity index (χ0n) is 13.6. The van der Waals surface area contributed by atoms with E-state index in [0.717, 1.165) is 5.56 Å². The van der Waals surface area contributed by atoms with E-state index in [2.05, 4.69) is 9.71 Å². The SMILES string of the molecule is O=S(=O)(NCc1ccccc1)N(Cc1ccccn1)Cc1ccco1. The third kappa shape index (κ3) is 4.99. The summed E-state index contributed by atoms with van der Waals surface area (Å²) in [4.78, 5) is 4.22. The molecule has 1 N–H and O–H groups in total. The van der Waals surface area contributed by atoms with Crippen molar-refractivity contribution in [2.75, 3.05) is 0 Å². The molecule has 0 spiro atoms. The first-order valence-electron chi connectivity index (χ1n) is 7.84. The molecule has 2 heterocycles. The largest absolute Gasteiger partial charge is 0.468 e. The average Bonchev–Trinajstić information content (AvgIpc) is 3.15. The summed E-state index contributed by atoms with van der Waals surface area (Å²) in [5, 5.41) is 0. The molecule has 25 heavy (non-hydrogen) atoms. The molecular weight excluding hydrogens is 338 g/mol. The van der Waals surface area contributed by atoms with Gasteiger partial charge in [0.2, 0.25) is 0 Å². The standard InChI is InChI=1S/C18H19N3O3S/c22-25(23,20-13-16-7-2-1-3-8-16)21(15-18-10-6-12-24-18)14-17-9-4-5-11-19-17/h1-12,20H,13-15H2. The fourth-order valence-electron chi connectivity index (χ4n) is 2.34. The molecule has 0 aliphatic rings. The molecule has 3 aromatic rings. The summed E-state index contributed by atoms with van der Waals surface area (Å²) >= 11 is 0. The topological polar surface area (TPSA) is 75.4 Å². The fraction of sp³-hybridized carbons (Fsp3) is 0.167. The van der Waals surface area contributed by atoms with E-state index in [0.29, 0.717) is 11.5 Å². The van der Waals surface area contributed by atoms with Crippen LogP contribution in [0.25, 0.3) is 0 Å². The molecule has 0 radical (unpaired) electrons. The van der Waals surface area contributed by atoms with E-state index in [1.165, 1.54) is 10.6 Å². The van der Waals surface area contributed by atoms with Gasteiger partial charge in [0.05, 0.1) is 25.0 Å². The van der Waals surface area contributed by atoms with Gasteiger partial charge in [0.25, 0.3) is 10.2 Å². The van der Waals surface area contributed by atoms with Gasteiger partial charge in [-0.3, -0.25) is 4.98 Å². The van der Waals surface area contributed by atoms with Crippen molar-refractivity contribution >= 4 is 10.2 Å². The number of nitrogens with one attached hydrogen (secondary N) is 1. The quantitative estimate of drug-likeness (QED) is 0.673. The van der Waals surface area contributed by atoms with Crippen molar-refractivity contribution in [3.05, 3.63) is 90.1 Å². The minimum absolute atomic E-state index is 0.133. The van der Waals surface area contributed by atoms with E-state index in [1.807, 2.05) is 36.4 Å².